The van der Waals surface area contributed by atoms with Gasteiger partial charge in [-0.25, -0.2) is 0 Å². The number of amides is 1. The molecular weight excluding hydrogens is 224 g/mol. The van der Waals surface area contributed by atoms with E-state index in [1.807, 2.05) is 0 Å². The molecule has 0 atom stereocenters. The van der Waals surface area contributed by atoms with Crippen LogP contribution in [-0.4, -0.2) is 30.0 Å². The van der Waals surface area contributed by atoms with Crippen molar-refractivity contribution in [2.75, 3.05) is 13.2 Å². The maximum atomic E-state index is 10.5. The van der Waals surface area contributed by atoms with E-state index >= 15 is 0 Å². The number of ether oxygens (including phenoxy) is 2. The fraction of sp³-hybridized carbons (Fsp3) is 0.273. The molecule has 6 nitrogen and oxygen atoms in total. The van der Waals surface area contributed by atoms with Crippen LogP contribution in [0.4, 0.5) is 0 Å². The number of hydrogen-bond donors (Lipinski definition) is 2. The molecular formula is C11H12N2O4. The van der Waals surface area contributed by atoms with Crippen molar-refractivity contribution in [2.45, 2.75) is 6.42 Å². The van der Waals surface area contributed by atoms with Crippen molar-refractivity contribution in [1.82, 2.24) is 0 Å². The molecule has 0 bridgehead atoms. The van der Waals surface area contributed by atoms with E-state index in [0.717, 1.165) is 5.56 Å². The van der Waals surface area contributed by atoms with Crippen LogP contribution in [0, 0.1) is 0 Å². The van der Waals surface area contributed by atoms with Gasteiger partial charge in [0.05, 0.1) is 13.0 Å². The van der Waals surface area contributed by atoms with Gasteiger partial charge in [-0.3, -0.25) is 4.79 Å². The number of hydrogen-bond acceptors (Lipinski definition) is 5. The zero-order valence-corrected chi connectivity index (χ0v) is 9.05. The Morgan fingerprint density at radius 3 is 3.12 bits per heavy atom. The highest BCUT2D eigenvalue weighted by atomic mass is 16.5. The van der Waals surface area contributed by atoms with Crippen LogP contribution in [0.2, 0.25) is 0 Å². The van der Waals surface area contributed by atoms with Crippen molar-refractivity contribution in [2.24, 2.45) is 10.9 Å². The van der Waals surface area contributed by atoms with Crippen molar-refractivity contribution in [3.8, 4) is 11.5 Å². The van der Waals surface area contributed by atoms with Crippen molar-refractivity contribution in [1.29, 1.82) is 0 Å². The number of nitrogens with zero attached hydrogens (tertiary/aromatic N) is 1. The lowest BCUT2D eigenvalue weighted by molar-refractivity contribution is -0.118. The molecule has 0 fully saturated rings. The van der Waals surface area contributed by atoms with Crippen LogP contribution in [-0.2, 0) is 4.79 Å². The quantitative estimate of drug-likeness (QED) is 0.588. The topological polar surface area (TPSA) is 94.1 Å². The van der Waals surface area contributed by atoms with Crippen molar-refractivity contribution in [3.63, 3.8) is 0 Å². The Morgan fingerprint density at radius 1 is 1.59 bits per heavy atom. The number of primary amides is 1. The van der Waals surface area contributed by atoms with Crippen molar-refractivity contribution < 1.29 is 19.5 Å². The average molecular weight is 236 g/mol. The van der Waals surface area contributed by atoms with E-state index in [0.29, 0.717) is 17.2 Å². The molecule has 90 valence electrons. The first kappa shape index (κ1) is 11.3. The predicted octanol–water partition coefficient (Wildman–Crippen LogP) is 0.511. The summed E-state index contributed by atoms with van der Waals surface area (Å²) in [7, 11) is 0. The molecule has 0 aliphatic carbocycles. The molecule has 0 saturated carbocycles. The molecule has 1 aromatic rings. The van der Waals surface area contributed by atoms with Gasteiger partial charge >= 0.3 is 0 Å². The van der Waals surface area contributed by atoms with Gasteiger partial charge in [0.1, 0.15) is 23.8 Å². The van der Waals surface area contributed by atoms with E-state index in [1.54, 1.807) is 18.2 Å². The highest BCUT2D eigenvalue weighted by Gasteiger charge is 2.20. The van der Waals surface area contributed by atoms with E-state index in [9.17, 15) is 4.79 Å². The molecule has 2 rings (SSSR count). The number of carbonyl (C=O) groups excluding carboxylic acids is 1. The first-order valence-electron chi connectivity index (χ1n) is 5.10. The second-order valence-electron chi connectivity index (χ2n) is 3.56. The van der Waals surface area contributed by atoms with Crippen LogP contribution in [0.15, 0.2) is 23.4 Å². The van der Waals surface area contributed by atoms with E-state index in [1.165, 1.54) is 0 Å². The summed E-state index contributed by atoms with van der Waals surface area (Å²) < 4.78 is 10.6. The number of fused-ring (bicyclic) bond motifs is 1. The summed E-state index contributed by atoms with van der Waals surface area (Å²) in [6.45, 7) is 0.478. The molecule has 0 spiro atoms. The Hall–Kier alpha value is -2.24. The molecule has 6 heteroatoms. The standard InChI is InChI=1S/C11H12N2O4/c12-11(14)3-4-16-7-1-2-8-9(13-15)6-17-10(8)5-7/h1-2,5,15H,3-4,6H2,(H2,12,14). The highest BCUT2D eigenvalue weighted by Crippen LogP contribution is 2.29. The molecule has 0 aromatic heterocycles. The van der Waals surface area contributed by atoms with Crippen molar-refractivity contribution >= 4 is 11.6 Å². The maximum absolute atomic E-state index is 10.5. The highest BCUT2D eigenvalue weighted by molar-refractivity contribution is 6.06. The third-order valence-corrected chi connectivity index (χ3v) is 2.37. The van der Waals surface area contributed by atoms with E-state index in [2.05, 4.69) is 5.16 Å². The lowest BCUT2D eigenvalue weighted by atomic mass is 10.1. The molecule has 0 radical (unpaired) electrons. The minimum Gasteiger partial charge on any atom is -0.493 e. The van der Waals surface area contributed by atoms with Crippen LogP contribution in [0.3, 0.4) is 0 Å². The molecule has 3 N–H and O–H groups in total. The zero-order valence-electron chi connectivity index (χ0n) is 9.05. The van der Waals surface area contributed by atoms with Crippen molar-refractivity contribution in [3.05, 3.63) is 23.8 Å². The first-order chi connectivity index (χ1) is 8.20. The van der Waals surface area contributed by atoms with Gasteiger partial charge in [0.25, 0.3) is 0 Å². The molecule has 0 unspecified atom stereocenters. The largest absolute Gasteiger partial charge is 0.493 e. The van der Waals surface area contributed by atoms with Gasteiger partial charge in [-0.15, -0.1) is 0 Å². The minimum atomic E-state index is -0.405. The fourth-order valence-electron chi connectivity index (χ4n) is 1.53. The summed E-state index contributed by atoms with van der Waals surface area (Å²) in [6.07, 6.45) is 0.168. The summed E-state index contributed by atoms with van der Waals surface area (Å²) in [5.41, 5.74) is 6.23. The van der Waals surface area contributed by atoms with Gasteiger partial charge < -0.3 is 20.4 Å². The molecule has 1 amide bonds. The second kappa shape index (κ2) is 4.73. The van der Waals surface area contributed by atoms with Gasteiger partial charge in [-0.1, -0.05) is 5.16 Å². The zero-order chi connectivity index (χ0) is 12.3. The Morgan fingerprint density at radius 2 is 2.41 bits per heavy atom. The third-order valence-electron chi connectivity index (χ3n) is 2.37. The maximum Gasteiger partial charge on any atom is 0.220 e. The predicted molar refractivity (Wildman–Crippen MR) is 59.6 cm³/mol. The van der Waals surface area contributed by atoms with Gasteiger partial charge in [0.2, 0.25) is 5.91 Å². The SMILES string of the molecule is NC(=O)CCOc1ccc2c(c1)OCC2=NO. The van der Waals surface area contributed by atoms with Crippen LogP contribution in [0.5, 0.6) is 11.5 Å². The average Bonchev–Trinajstić information content (AvgIpc) is 2.70. The first-order valence-corrected chi connectivity index (χ1v) is 5.10. The number of oxime groups is 1. The van der Waals surface area contributed by atoms with Crippen LogP contribution >= 0.6 is 0 Å². The molecule has 1 heterocycles. The number of nitrogens with two attached hydrogens (primary N) is 1. The summed E-state index contributed by atoms with van der Waals surface area (Å²) in [5, 5.41) is 11.8. The normalized spacial score (nSPS) is 15.4. The fourth-order valence-corrected chi connectivity index (χ4v) is 1.53. The van der Waals surface area contributed by atoms with E-state index in [-0.39, 0.29) is 19.6 Å². The number of benzene rings is 1. The smallest absolute Gasteiger partial charge is 0.220 e. The monoisotopic (exact) mass is 236 g/mol. The van der Waals surface area contributed by atoms with E-state index in [4.69, 9.17) is 20.4 Å². The summed E-state index contributed by atoms with van der Waals surface area (Å²) in [5.74, 6) is 0.788. The molecule has 0 saturated heterocycles. The van der Waals surface area contributed by atoms with Gasteiger partial charge in [0.15, 0.2) is 0 Å². The van der Waals surface area contributed by atoms with Gasteiger partial charge in [-0.2, -0.15) is 0 Å². The Balaban J connectivity index is 2.05. The Bertz CT molecular complexity index is 471. The molecule has 17 heavy (non-hydrogen) atoms. The van der Waals surface area contributed by atoms with Gasteiger partial charge in [0, 0.05) is 11.6 Å². The third kappa shape index (κ3) is 2.47. The number of carbonyl (C=O) groups is 1. The number of rotatable bonds is 4. The van der Waals surface area contributed by atoms with Gasteiger partial charge in [-0.05, 0) is 12.1 Å². The minimum absolute atomic E-state index is 0.168. The lowest BCUT2D eigenvalue weighted by Gasteiger charge is -2.06. The van der Waals surface area contributed by atoms with E-state index < -0.39 is 5.91 Å². The van der Waals surface area contributed by atoms with Crippen LogP contribution in [0.1, 0.15) is 12.0 Å². The summed E-state index contributed by atoms with van der Waals surface area (Å²) in [6, 6.07) is 5.16. The van der Waals surface area contributed by atoms with Crippen LogP contribution in [0.25, 0.3) is 0 Å². The molecule has 1 aliphatic heterocycles. The summed E-state index contributed by atoms with van der Waals surface area (Å²) in [4.78, 5) is 10.5. The summed E-state index contributed by atoms with van der Waals surface area (Å²) >= 11 is 0. The van der Waals surface area contributed by atoms with Crippen LogP contribution < -0.4 is 15.2 Å². The molecule has 1 aromatic carbocycles. The second-order valence-corrected chi connectivity index (χ2v) is 3.56. The lowest BCUT2D eigenvalue weighted by Crippen LogP contribution is -2.14. The Labute approximate surface area is 97.6 Å². The molecule has 1 aliphatic rings. The Kier molecular flexibility index (Phi) is 3.13.